The van der Waals surface area contributed by atoms with Gasteiger partial charge in [-0.15, -0.1) is 0 Å². The lowest BCUT2D eigenvalue weighted by molar-refractivity contribution is -0.123. The SMILES string of the molecule is CC(C)S(=O)(=O)Nc1cccc(NC(=O)C(C)(C)C)c1. The minimum atomic E-state index is -3.39. The molecule has 0 radical (unpaired) electrons. The number of amides is 1. The molecule has 1 amide bonds. The molecule has 20 heavy (non-hydrogen) atoms. The standard InChI is InChI=1S/C14H22N2O3S/c1-10(2)20(18,19)16-12-8-6-7-11(9-12)15-13(17)14(3,4)5/h6-10,16H,1-5H3,(H,15,17). The van der Waals surface area contributed by atoms with Crippen LogP contribution in [0.15, 0.2) is 24.3 Å². The quantitative estimate of drug-likeness (QED) is 0.897. The normalized spacial score (nSPS) is 12.3. The van der Waals surface area contributed by atoms with Crippen molar-refractivity contribution in [2.75, 3.05) is 10.0 Å². The van der Waals surface area contributed by atoms with Gasteiger partial charge in [-0.3, -0.25) is 9.52 Å². The van der Waals surface area contributed by atoms with Crippen LogP contribution < -0.4 is 10.0 Å². The molecule has 0 heterocycles. The molecular weight excluding hydrogens is 276 g/mol. The molecule has 0 aliphatic carbocycles. The second-order valence-electron chi connectivity index (χ2n) is 5.98. The monoisotopic (exact) mass is 298 g/mol. The van der Waals surface area contributed by atoms with Gasteiger partial charge in [-0.2, -0.15) is 0 Å². The number of hydrogen-bond donors (Lipinski definition) is 2. The van der Waals surface area contributed by atoms with Gasteiger partial charge in [-0.1, -0.05) is 26.8 Å². The molecule has 0 spiro atoms. The van der Waals surface area contributed by atoms with Crippen LogP contribution in [0.4, 0.5) is 11.4 Å². The summed E-state index contributed by atoms with van der Waals surface area (Å²) in [5.41, 5.74) is 0.493. The lowest BCUT2D eigenvalue weighted by atomic mass is 9.95. The van der Waals surface area contributed by atoms with Crippen LogP contribution >= 0.6 is 0 Å². The summed E-state index contributed by atoms with van der Waals surface area (Å²) in [6.45, 7) is 8.65. The summed E-state index contributed by atoms with van der Waals surface area (Å²) >= 11 is 0. The Morgan fingerprint density at radius 3 is 2.20 bits per heavy atom. The van der Waals surface area contributed by atoms with Crippen LogP contribution in [0, 0.1) is 5.41 Å². The predicted octanol–water partition coefficient (Wildman–Crippen LogP) is 2.82. The first-order valence-electron chi connectivity index (χ1n) is 6.45. The maximum atomic E-state index is 11.9. The van der Waals surface area contributed by atoms with Crippen molar-refractivity contribution in [2.24, 2.45) is 5.41 Å². The zero-order valence-corrected chi connectivity index (χ0v) is 13.3. The summed E-state index contributed by atoms with van der Waals surface area (Å²) in [4.78, 5) is 11.9. The molecule has 0 unspecified atom stereocenters. The van der Waals surface area contributed by atoms with Crippen LogP contribution in [0.3, 0.4) is 0 Å². The van der Waals surface area contributed by atoms with E-state index in [0.717, 1.165) is 0 Å². The van der Waals surface area contributed by atoms with Crippen molar-refractivity contribution in [3.63, 3.8) is 0 Å². The molecule has 0 atom stereocenters. The fraction of sp³-hybridized carbons (Fsp3) is 0.500. The first-order valence-corrected chi connectivity index (χ1v) is 8.00. The van der Waals surface area contributed by atoms with Crippen molar-refractivity contribution in [3.05, 3.63) is 24.3 Å². The van der Waals surface area contributed by atoms with Gasteiger partial charge in [0.15, 0.2) is 0 Å². The van der Waals surface area contributed by atoms with Gasteiger partial charge in [0.25, 0.3) is 0 Å². The van der Waals surface area contributed by atoms with Gasteiger partial charge in [0.05, 0.1) is 10.9 Å². The average Bonchev–Trinajstić information content (AvgIpc) is 2.27. The first kappa shape index (κ1) is 16.5. The minimum Gasteiger partial charge on any atom is -0.326 e. The molecule has 0 saturated heterocycles. The Balaban J connectivity index is 2.90. The van der Waals surface area contributed by atoms with Crippen LogP contribution in [0.25, 0.3) is 0 Å². The van der Waals surface area contributed by atoms with E-state index >= 15 is 0 Å². The molecule has 112 valence electrons. The summed E-state index contributed by atoms with van der Waals surface area (Å²) in [6.07, 6.45) is 0. The van der Waals surface area contributed by atoms with Gasteiger partial charge < -0.3 is 5.32 Å². The Morgan fingerprint density at radius 2 is 1.70 bits per heavy atom. The summed E-state index contributed by atoms with van der Waals surface area (Å²) in [7, 11) is -3.39. The number of benzene rings is 1. The molecule has 1 aromatic rings. The van der Waals surface area contributed by atoms with Gasteiger partial charge in [0.1, 0.15) is 0 Å². The largest absolute Gasteiger partial charge is 0.326 e. The lowest BCUT2D eigenvalue weighted by Gasteiger charge is -2.18. The van der Waals surface area contributed by atoms with Crippen LogP contribution in [0.1, 0.15) is 34.6 Å². The number of carbonyl (C=O) groups is 1. The van der Waals surface area contributed by atoms with E-state index < -0.39 is 20.7 Å². The maximum Gasteiger partial charge on any atom is 0.235 e. The topological polar surface area (TPSA) is 75.3 Å². The molecule has 0 saturated carbocycles. The van der Waals surface area contributed by atoms with E-state index in [9.17, 15) is 13.2 Å². The summed E-state index contributed by atoms with van der Waals surface area (Å²) in [6, 6.07) is 6.66. The van der Waals surface area contributed by atoms with Crippen LogP contribution in [0.5, 0.6) is 0 Å². The van der Waals surface area contributed by atoms with Crippen molar-refractivity contribution in [1.29, 1.82) is 0 Å². The predicted molar refractivity (Wildman–Crippen MR) is 82.2 cm³/mol. The number of rotatable bonds is 4. The van der Waals surface area contributed by atoms with E-state index in [0.29, 0.717) is 11.4 Å². The molecule has 1 rings (SSSR count). The zero-order chi connectivity index (χ0) is 15.6. The van der Waals surface area contributed by atoms with Crippen molar-refractivity contribution in [1.82, 2.24) is 0 Å². The minimum absolute atomic E-state index is 0.124. The van der Waals surface area contributed by atoms with E-state index in [-0.39, 0.29) is 5.91 Å². The highest BCUT2D eigenvalue weighted by Gasteiger charge is 2.21. The zero-order valence-electron chi connectivity index (χ0n) is 12.5. The van der Waals surface area contributed by atoms with Gasteiger partial charge in [-0.25, -0.2) is 8.42 Å². The van der Waals surface area contributed by atoms with Gasteiger partial charge in [0, 0.05) is 11.1 Å². The van der Waals surface area contributed by atoms with Crippen molar-refractivity contribution in [2.45, 2.75) is 39.9 Å². The number of anilines is 2. The number of carbonyl (C=O) groups excluding carboxylic acids is 1. The van der Waals surface area contributed by atoms with Crippen LogP contribution in [-0.4, -0.2) is 19.6 Å². The maximum absolute atomic E-state index is 11.9. The van der Waals surface area contributed by atoms with Crippen LogP contribution in [-0.2, 0) is 14.8 Å². The molecular formula is C14H22N2O3S. The molecule has 5 nitrogen and oxygen atoms in total. The smallest absolute Gasteiger partial charge is 0.235 e. The lowest BCUT2D eigenvalue weighted by Crippen LogP contribution is -2.27. The summed E-state index contributed by atoms with van der Waals surface area (Å²) < 4.78 is 26.1. The molecule has 0 aliphatic rings. The molecule has 0 fully saturated rings. The Bertz CT molecular complexity index is 587. The second kappa shape index (κ2) is 5.83. The molecule has 0 aromatic heterocycles. The first-order chi connectivity index (χ1) is 9.02. The van der Waals surface area contributed by atoms with Gasteiger partial charge in [0.2, 0.25) is 15.9 Å². The molecule has 2 N–H and O–H groups in total. The number of hydrogen-bond acceptors (Lipinski definition) is 3. The fourth-order valence-corrected chi connectivity index (χ4v) is 1.95. The van der Waals surface area contributed by atoms with Gasteiger partial charge >= 0.3 is 0 Å². The molecule has 6 heteroatoms. The summed E-state index contributed by atoms with van der Waals surface area (Å²) in [5.74, 6) is -0.124. The highest BCUT2D eigenvalue weighted by molar-refractivity contribution is 7.93. The van der Waals surface area contributed by atoms with E-state index in [1.54, 1.807) is 38.1 Å². The third kappa shape index (κ3) is 4.52. The van der Waals surface area contributed by atoms with Crippen molar-refractivity contribution >= 4 is 27.3 Å². The number of nitrogens with one attached hydrogen (secondary N) is 2. The third-order valence-electron chi connectivity index (χ3n) is 2.68. The van der Waals surface area contributed by atoms with Gasteiger partial charge in [-0.05, 0) is 32.0 Å². The fourth-order valence-electron chi connectivity index (χ4n) is 1.26. The van der Waals surface area contributed by atoms with E-state index in [2.05, 4.69) is 10.0 Å². The number of sulfonamides is 1. The second-order valence-corrected chi connectivity index (χ2v) is 8.22. The molecule has 0 bridgehead atoms. The summed E-state index contributed by atoms with van der Waals surface area (Å²) in [5, 5.41) is 2.25. The van der Waals surface area contributed by atoms with E-state index in [4.69, 9.17) is 0 Å². The van der Waals surface area contributed by atoms with E-state index in [1.807, 2.05) is 20.8 Å². The molecule has 0 aliphatic heterocycles. The Labute approximate surface area is 120 Å². The van der Waals surface area contributed by atoms with Crippen LogP contribution in [0.2, 0.25) is 0 Å². The Hall–Kier alpha value is -1.56. The Morgan fingerprint density at radius 1 is 1.15 bits per heavy atom. The Kier molecular flexibility index (Phi) is 4.81. The highest BCUT2D eigenvalue weighted by atomic mass is 32.2. The van der Waals surface area contributed by atoms with Crippen molar-refractivity contribution < 1.29 is 13.2 Å². The van der Waals surface area contributed by atoms with Crippen molar-refractivity contribution in [3.8, 4) is 0 Å². The van der Waals surface area contributed by atoms with E-state index in [1.165, 1.54) is 0 Å². The average molecular weight is 298 g/mol. The molecule has 1 aromatic carbocycles. The third-order valence-corrected chi connectivity index (χ3v) is 4.44. The highest BCUT2D eigenvalue weighted by Crippen LogP contribution is 2.21.